The molecule has 26 fully saturated rings. The molecule has 17 heterocycles. The van der Waals surface area contributed by atoms with Gasteiger partial charge in [-0.05, 0) is 247 Å². The van der Waals surface area contributed by atoms with Gasteiger partial charge < -0.3 is 92.6 Å². The van der Waals surface area contributed by atoms with E-state index in [-0.39, 0.29) is 124 Å². The summed E-state index contributed by atoms with van der Waals surface area (Å²) in [5, 5.41) is 34.9. The number of carbonyl (C=O) groups excluding carboxylic acids is 10. The number of likely N-dealkylation sites (tertiary alicyclic amines) is 2. The van der Waals surface area contributed by atoms with Crippen molar-refractivity contribution in [2.75, 3.05) is 159 Å². The van der Waals surface area contributed by atoms with E-state index >= 15 is 0 Å². The second-order valence-electron chi connectivity index (χ2n) is 49.8. The normalized spacial score (nSPS) is 36.4. The molecule has 17 saturated heterocycles. The predicted octanol–water partition coefficient (Wildman–Crippen LogP) is 9.03. The van der Waals surface area contributed by atoms with Crippen molar-refractivity contribution in [2.45, 2.75) is 321 Å². The standard InChI is InChI=1S/2C12H22N2O.C12H21NO.5C11H20N2O.C9H16N2O.C9H15NO2/c1-8(2)11(15)13-12-5-10(12)6-14(7-12)9(3)4;1-8(2)12(15)13-11-5-4-9-6-14(3)7-10(9)11;1-8(2)12(14)13-11-7-9-3-5-10(11)6-4-9;2*1-7(2)11(14)12-10-8-4-9(10)6-13(3)5-8;3*1-8(2)11(14)12-10-7-13-5-3-9(10)4-6-13;1-5(2)9(12)11-8-6-3-10-4-7(6)8;1-5(2)9(11)10-8-6-3-12-4-7(6)8/h8-10H,5-7H2,1-4H3,(H,13,15);8-11H,4-7H2,1-3H3,(H,13,15);8-11H,3-7H2,1-2H3,(H,13,14);2*7-10H,4-6H2,1-3H3,(H,12,14);3*8-10H,3-7H2,1-2H3,(H,12,14);5-8,10H,3-4H2,1-2H3,(H,11,12);5-8H,3-4H2,1-2H3,(H,10,11)/t10-,12-;9-,10+,11-;;2*8-,9+,10?;2*10-;;;/m11...10.../s1. The average Bonchev–Trinajstić information content (AvgIpc) is 1.58. The van der Waals surface area contributed by atoms with E-state index in [0.717, 1.165) is 139 Å². The Morgan fingerprint density at radius 3 is 0.891 bits per heavy atom. The molecule has 0 radical (unpaired) electrons. The van der Waals surface area contributed by atoms with Gasteiger partial charge in [-0.3, -0.25) is 52.8 Å². The summed E-state index contributed by atoms with van der Waals surface area (Å²) in [4.78, 5) is 132. The van der Waals surface area contributed by atoms with Crippen LogP contribution < -0.4 is 58.5 Å². The molecule has 10 amide bonds. The smallest absolute Gasteiger partial charge is 0.223 e. The molecule has 17 aliphatic heterocycles. The maximum Gasteiger partial charge on any atom is 0.223 e. The van der Waals surface area contributed by atoms with Crippen LogP contribution in [0.1, 0.15) is 255 Å². The number of rotatable bonds is 21. The SMILES string of the molecule is CC(C)C(=O)NC1C2CNCC21.CC(C)C(=O)NC1C2COCC21.CC(C)C(=O)NC1CC2CCC1CC2.CC(C)C(=O)NC1CN2CCC1CC2.CC(C)C(=O)NC1[C@@H]2C[C@H]1CN(C)C2.CC(C)C(=O)NC1[C@@H]2C[C@H]1CN(C)C2.CC(C)C(=O)N[C@@H]1CC[C@@H]2CN(C)C[C@@H]21.CC(C)C(=O)N[C@@H]1CN2CCC1CC2.CC(C)C(=O)N[C@@]12C[C@@H]1CN(C(C)C)C2.CC(C)C(=O)N[C@H]1CN2CCC1CC2. The third kappa shape index (κ3) is 31.7. The maximum absolute atomic E-state index is 11.7. The molecular weight excluding hydrogens is 1740 g/mol. The topological polar surface area (TPSA) is 335 Å². The van der Waals surface area contributed by atoms with E-state index in [4.69, 9.17) is 4.74 Å². The number of amides is 10. The Kier molecular flexibility index (Phi) is 42.0. The minimum atomic E-state index is 0.104. The van der Waals surface area contributed by atoms with Crippen LogP contribution in [0.15, 0.2) is 0 Å². The second kappa shape index (κ2) is 51.4. The molecule has 8 unspecified atom stereocenters. The van der Waals surface area contributed by atoms with Crippen molar-refractivity contribution in [1.82, 2.24) is 92.8 Å². The molecule has 26 aliphatic rings. The van der Waals surface area contributed by atoms with Crippen LogP contribution in [0, 0.1) is 154 Å². The van der Waals surface area contributed by atoms with Gasteiger partial charge in [-0.25, -0.2) is 0 Å². The van der Waals surface area contributed by atoms with E-state index in [1.807, 2.05) is 138 Å². The fraction of sp³-hybridized carbons (Fsp3) is 0.908. The number of piperidine rings is 15. The third-order valence-corrected chi connectivity index (χ3v) is 34.9. The molecule has 29 nitrogen and oxygen atoms in total. The van der Waals surface area contributed by atoms with Crippen LogP contribution in [0.4, 0.5) is 0 Å². The summed E-state index contributed by atoms with van der Waals surface area (Å²) >= 11 is 0. The molecule has 0 aromatic heterocycles. The summed E-state index contributed by atoms with van der Waals surface area (Å²) < 4.78 is 5.23. The van der Waals surface area contributed by atoms with Gasteiger partial charge >= 0.3 is 0 Å². The molecule has 11 N–H and O–H groups in total. The van der Waals surface area contributed by atoms with Gasteiger partial charge in [0, 0.05) is 217 Å². The van der Waals surface area contributed by atoms with Crippen molar-refractivity contribution in [3.8, 4) is 0 Å². The lowest BCUT2D eigenvalue weighted by molar-refractivity contribution is -0.129. The van der Waals surface area contributed by atoms with Crippen LogP contribution in [-0.2, 0) is 52.7 Å². The molecule has 788 valence electrons. The summed E-state index contributed by atoms with van der Waals surface area (Å²) in [6, 6.07) is 4.67. The van der Waals surface area contributed by atoms with E-state index < -0.39 is 0 Å². The molecule has 0 aromatic rings. The highest BCUT2D eigenvalue weighted by molar-refractivity contribution is 5.82. The van der Waals surface area contributed by atoms with Crippen LogP contribution in [0.3, 0.4) is 0 Å². The minimum absolute atomic E-state index is 0.104. The first-order valence-electron chi connectivity index (χ1n) is 55.5. The summed E-state index contributed by atoms with van der Waals surface area (Å²) in [5.74, 6) is 15.0. The lowest BCUT2D eigenvalue weighted by Gasteiger charge is -2.53. The number of nitrogens with zero attached hydrogens (tertiary/aromatic N) is 7. The second-order valence-corrected chi connectivity index (χ2v) is 49.8. The maximum atomic E-state index is 11.7. The van der Waals surface area contributed by atoms with Gasteiger partial charge in [-0.1, -0.05) is 151 Å². The van der Waals surface area contributed by atoms with Gasteiger partial charge in [0.25, 0.3) is 0 Å². The van der Waals surface area contributed by atoms with E-state index in [2.05, 4.69) is 128 Å². The van der Waals surface area contributed by atoms with Crippen molar-refractivity contribution in [3.05, 3.63) is 0 Å². The molecule has 138 heavy (non-hydrogen) atoms. The number of ether oxygens (including phenoxy) is 1. The number of hydrogen-bond acceptors (Lipinski definition) is 19. The number of hydrogen-bond donors (Lipinski definition) is 11. The first-order valence-corrected chi connectivity index (χ1v) is 55.5. The van der Waals surface area contributed by atoms with Crippen LogP contribution in [0.25, 0.3) is 0 Å². The fourth-order valence-corrected chi connectivity index (χ4v) is 25.0. The Morgan fingerprint density at radius 1 is 0.283 bits per heavy atom. The molecule has 29 heteroatoms. The zero-order valence-electron chi connectivity index (χ0n) is 90.6. The zero-order valence-corrected chi connectivity index (χ0v) is 90.6. The highest BCUT2D eigenvalue weighted by Crippen LogP contribution is 2.51. The summed E-state index contributed by atoms with van der Waals surface area (Å²) in [6.45, 7) is 67.2. The van der Waals surface area contributed by atoms with Crippen molar-refractivity contribution in [2.24, 2.45) is 154 Å². The molecule has 9 aliphatic carbocycles. The van der Waals surface area contributed by atoms with Crippen LogP contribution in [-0.4, -0.2) is 318 Å². The number of fused-ring (bicyclic) bond motifs is 20. The van der Waals surface area contributed by atoms with E-state index in [0.29, 0.717) is 108 Å². The Hall–Kier alpha value is -5.66. The lowest BCUT2D eigenvalue weighted by atomic mass is 9.66. The van der Waals surface area contributed by atoms with E-state index in [1.54, 1.807) is 0 Å². The lowest BCUT2D eigenvalue weighted by Crippen LogP contribution is -2.64. The molecule has 0 aromatic carbocycles. The summed E-state index contributed by atoms with van der Waals surface area (Å²) in [7, 11) is 6.51. The van der Waals surface area contributed by atoms with Crippen molar-refractivity contribution in [1.29, 1.82) is 0 Å². The van der Waals surface area contributed by atoms with Gasteiger partial charge in [0.05, 0.1) is 18.8 Å². The summed E-state index contributed by atoms with van der Waals surface area (Å²) in [5.41, 5.74) is 0.144. The molecule has 19 atom stereocenters. The quantitative estimate of drug-likeness (QED) is 0.0510. The number of nitrogens with one attached hydrogen (secondary N) is 11. The first kappa shape index (κ1) is 113. The average molecular weight is 1930 g/mol. The van der Waals surface area contributed by atoms with Crippen molar-refractivity contribution in [3.63, 3.8) is 0 Å². The van der Waals surface area contributed by atoms with Gasteiger partial charge in [0.1, 0.15) is 0 Å². The van der Waals surface area contributed by atoms with Crippen molar-refractivity contribution < 1.29 is 52.7 Å². The third-order valence-electron chi connectivity index (χ3n) is 34.9. The van der Waals surface area contributed by atoms with Gasteiger partial charge in [0.2, 0.25) is 59.1 Å². The first-order chi connectivity index (χ1) is 65.2. The highest BCUT2D eigenvalue weighted by Gasteiger charge is 2.62. The number of carbonyl (C=O) groups is 10. The molecule has 9 saturated carbocycles. The van der Waals surface area contributed by atoms with Crippen LogP contribution in [0.2, 0.25) is 0 Å². The minimum Gasteiger partial charge on any atom is -0.381 e. The predicted molar refractivity (Wildman–Crippen MR) is 549 cm³/mol. The zero-order chi connectivity index (χ0) is 101. The Balaban J connectivity index is 0.000000147. The monoisotopic (exact) mass is 1930 g/mol. The van der Waals surface area contributed by atoms with Crippen LogP contribution >= 0.6 is 0 Å². The largest absolute Gasteiger partial charge is 0.381 e. The van der Waals surface area contributed by atoms with Crippen LogP contribution in [0.5, 0.6) is 0 Å². The highest BCUT2D eigenvalue weighted by atomic mass is 16.5. The molecule has 0 spiro atoms. The van der Waals surface area contributed by atoms with Crippen molar-refractivity contribution >= 4 is 59.1 Å². The molecule has 12 bridgehead atoms. The van der Waals surface area contributed by atoms with E-state index in [9.17, 15) is 47.9 Å². The Bertz CT molecular complexity index is 3580. The summed E-state index contributed by atoms with van der Waals surface area (Å²) in [6.07, 6.45) is 20.6. The molecular formula is C109H196N18O11. The molecule has 26 rings (SSSR count). The fourth-order valence-electron chi connectivity index (χ4n) is 25.0. The Labute approximate surface area is 833 Å². The van der Waals surface area contributed by atoms with Gasteiger partial charge in [-0.15, -0.1) is 0 Å². The Morgan fingerprint density at radius 2 is 0.580 bits per heavy atom. The van der Waals surface area contributed by atoms with Gasteiger partial charge in [-0.2, -0.15) is 0 Å². The van der Waals surface area contributed by atoms with Gasteiger partial charge in [0.15, 0.2) is 0 Å². The van der Waals surface area contributed by atoms with E-state index in [1.165, 1.54) is 149 Å².